The van der Waals surface area contributed by atoms with E-state index in [-0.39, 0.29) is 12.2 Å². The molecule has 3 heterocycles. The number of nitrogens with one attached hydrogen (secondary N) is 1. The number of anilines is 1. The Kier molecular flexibility index (Phi) is 5.35. The summed E-state index contributed by atoms with van der Waals surface area (Å²) >= 11 is 7.85. The van der Waals surface area contributed by atoms with Crippen LogP contribution >= 0.6 is 23.4 Å². The molecule has 0 aliphatic carbocycles. The van der Waals surface area contributed by atoms with Crippen LogP contribution in [0.2, 0.25) is 5.02 Å². The number of hydrogen-bond acceptors (Lipinski definition) is 5. The smallest absolute Gasteiger partial charge is 0.315 e. The zero-order valence-electron chi connectivity index (χ0n) is 15.6. The van der Waals surface area contributed by atoms with Gasteiger partial charge in [-0.25, -0.2) is 4.68 Å². The summed E-state index contributed by atoms with van der Waals surface area (Å²) in [6, 6.07) is 7.25. The SMILES string of the molecule is C[C@@H]1CN(C(=O)C(=O)Nc2c3c(nn2-c2cccc(Cl)c2)CSC3)C[C@H](C)O1. The summed E-state index contributed by atoms with van der Waals surface area (Å²) in [5.41, 5.74) is 2.61. The fourth-order valence-corrected chi connectivity index (χ4v) is 4.80. The lowest BCUT2D eigenvalue weighted by Crippen LogP contribution is -2.51. The van der Waals surface area contributed by atoms with E-state index in [4.69, 9.17) is 16.3 Å². The zero-order chi connectivity index (χ0) is 19.8. The first-order chi connectivity index (χ1) is 13.4. The number of benzene rings is 1. The lowest BCUT2D eigenvalue weighted by molar-refractivity contribution is -0.151. The standard InChI is InChI=1S/C19H21ClN4O3S/c1-11-7-23(8-12(2)27-11)19(26)18(25)21-17-15-9-28-10-16(15)22-24(17)14-5-3-4-13(20)6-14/h3-6,11-12H,7-10H2,1-2H3,(H,21,25)/t11-,12+. The fraction of sp³-hybridized carbons (Fsp3) is 0.421. The summed E-state index contributed by atoms with van der Waals surface area (Å²) in [5.74, 6) is 0.836. The lowest BCUT2D eigenvalue weighted by Gasteiger charge is -2.34. The molecule has 1 fully saturated rings. The number of thioether (sulfide) groups is 1. The highest BCUT2D eigenvalue weighted by molar-refractivity contribution is 7.98. The zero-order valence-corrected chi connectivity index (χ0v) is 17.2. The number of rotatable bonds is 2. The number of fused-ring (bicyclic) bond motifs is 1. The molecule has 7 nitrogen and oxygen atoms in total. The highest BCUT2D eigenvalue weighted by atomic mass is 35.5. The van der Waals surface area contributed by atoms with Crippen molar-refractivity contribution in [1.82, 2.24) is 14.7 Å². The van der Waals surface area contributed by atoms with Gasteiger partial charge in [0.05, 0.1) is 23.6 Å². The first kappa shape index (κ1) is 19.3. The van der Waals surface area contributed by atoms with Gasteiger partial charge in [-0.2, -0.15) is 16.9 Å². The van der Waals surface area contributed by atoms with Gasteiger partial charge in [0, 0.05) is 35.2 Å². The molecule has 1 N–H and O–H groups in total. The maximum atomic E-state index is 12.8. The topological polar surface area (TPSA) is 76.5 Å². The minimum atomic E-state index is -0.663. The number of carbonyl (C=O) groups excluding carboxylic acids is 2. The van der Waals surface area contributed by atoms with Crippen molar-refractivity contribution in [2.24, 2.45) is 0 Å². The number of nitrogens with zero attached hydrogens (tertiary/aromatic N) is 3. The Morgan fingerprint density at radius 2 is 2.00 bits per heavy atom. The van der Waals surface area contributed by atoms with Gasteiger partial charge in [0.2, 0.25) is 0 Å². The predicted octanol–water partition coefficient (Wildman–Crippen LogP) is 2.85. The van der Waals surface area contributed by atoms with E-state index in [1.165, 1.54) is 0 Å². The molecule has 2 atom stereocenters. The summed E-state index contributed by atoms with van der Waals surface area (Å²) in [4.78, 5) is 27.0. The second-order valence-electron chi connectivity index (χ2n) is 7.08. The number of carbonyl (C=O) groups is 2. The van der Waals surface area contributed by atoms with Crippen LogP contribution in [-0.2, 0) is 25.8 Å². The van der Waals surface area contributed by atoms with Crippen molar-refractivity contribution in [3.05, 3.63) is 40.5 Å². The van der Waals surface area contributed by atoms with Crippen molar-refractivity contribution in [2.45, 2.75) is 37.6 Å². The van der Waals surface area contributed by atoms with Crippen molar-refractivity contribution in [3.8, 4) is 5.69 Å². The first-order valence-electron chi connectivity index (χ1n) is 9.12. The number of ether oxygens (including phenoxy) is 1. The molecule has 2 amide bonds. The molecule has 0 radical (unpaired) electrons. The number of aromatic nitrogens is 2. The van der Waals surface area contributed by atoms with E-state index in [1.807, 2.05) is 26.0 Å². The average Bonchev–Trinajstić information content (AvgIpc) is 3.23. The number of hydrogen-bond donors (Lipinski definition) is 1. The summed E-state index contributed by atoms with van der Waals surface area (Å²) in [6.45, 7) is 4.59. The molecule has 4 rings (SSSR count). The van der Waals surface area contributed by atoms with Gasteiger partial charge >= 0.3 is 11.8 Å². The monoisotopic (exact) mass is 420 g/mol. The van der Waals surface area contributed by atoms with Crippen LogP contribution in [0, 0.1) is 0 Å². The van der Waals surface area contributed by atoms with Gasteiger partial charge in [0.15, 0.2) is 0 Å². The van der Waals surface area contributed by atoms with Gasteiger partial charge in [-0.1, -0.05) is 17.7 Å². The van der Waals surface area contributed by atoms with E-state index in [0.717, 1.165) is 28.5 Å². The molecule has 9 heteroatoms. The second kappa shape index (κ2) is 7.77. The van der Waals surface area contributed by atoms with Gasteiger partial charge in [-0.15, -0.1) is 0 Å². The van der Waals surface area contributed by atoms with Crippen LogP contribution in [0.3, 0.4) is 0 Å². The molecule has 0 bridgehead atoms. The molecule has 2 aliphatic heterocycles. The highest BCUT2D eigenvalue weighted by Gasteiger charge is 2.32. The lowest BCUT2D eigenvalue weighted by atomic mass is 10.2. The molecular weight excluding hydrogens is 400 g/mol. The third-order valence-electron chi connectivity index (χ3n) is 4.74. The molecule has 1 aromatic carbocycles. The Morgan fingerprint density at radius 1 is 1.25 bits per heavy atom. The average molecular weight is 421 g/mol. The van der Waals surface area contributed by atoms with Crippen LogP contribution in [0.1, 0.15) is 25.1 Å². The van der Waals surface area contributed by atoms with Crippen molar-refractivity contribution in [2.75, 3.05) is 18.4 Å². The molecule has 2 aromatic rings. The minimum Gasteiger partial charge on any atom is -0.372 e. The van der Waals surface area contributed by atoms with Crippen LogP contribution in [0.15, 0.2) is 24.3 Å². The Morgan fingerprint density at radius 3 is 2.71 bits per heavy atom. The van der Waals surface area contributed by atoms with E-state index < -0.39 is 11.8 Å². The molecular formula is C19H21ClN4O3S. The molecule has 0 unspecified atom stereocenters. The molecule has 0 saturated carbocycles. The van der Waals surface area contributed by atoms with Gasteiger partial charge in [-0.05, 0) is 32.0 Å². The van der Waals surface area contributed by atoms with E-state index in [9.17, 15) is 9.59 Å². The second-order valence-corrected chi connectivity index (χ2v) is 8.50. The molecule has 1 aromatic heterocycles. The molecule has 148 valence electrons. The Hall–Kier alpha value is -2.03. The number of morpholine rings is 1. The highest BCUT2D eigenvalue weighted by Crippen LogP contribution is 2.36. The maximum absolute atomic E-state index is 12.8. The van der Waals surface area contributed by atoms with Crippen molar-refractivity contribution < 1.29 is 14.3 Å². The van der Waals surface area contributed by atoms with Crippen molar-refractivity contribution in [1.29, 1.82) is 0 Å². The third kappa shape index (κ3) is 3.76. The quantitative estimate of drug-likeness (QED) is 0.756. The number of halogens is 1. The Balaban J connectivity index is 1.61. The molecule has 28 heavy (non-hydrogen) atoms. The maximum Gasteiger partial charge on any atom is 0.315 e. The van der Waals surface area contributed by atoms with Gasteiger partial charge < -0.3 is 15.0 Å². The van der Waals surface area contributed by atoms with Gasteiger partial charge in [-0.3, -0.25) is 9.59 Å². The van der Waals surface area contributed by atoms with Crippen LogP contribution in [0.4, 0.5) is 5.82 Å². The molecule has 2 aliphatic rings. The van der Waals surface area contributed by atoms with Gasteiger partial charge in [0.1, 0.15) is 5.82 Å². The molecule has 0 spiro atoms. The summed E-state index contributed by atoms with van der Waals surface area (Å²) in [7, 11) is 0. The number of amides is 2. The van der Waals surface area contributed by atoms with Crippen LogP contribution < -0.4 is 5.32 Å². The molecule has 1 saturated heterocycles. The van der Waals surface area contributed by atoms with E-state index >= 15 is 0 Å². The van der Waals surface area contributed by atoms with E-state index in [2.05, 4.69) is 10.4 Å². The predicted molar refractivity (Wildman–Crippen MR) is 109 cm³/mol. The van der Waals surface area contributed by atoms with E-state index in [1.54, 1.807) is 33.5 Å². The summed E-state index contributed by atoms with van der Waals surface area (Å²) in [5, 5.41) is 8.01. The van der Waals surface area contributed by atoms with Gasteiger partial charge in [0.25, 0.3) is 0 Å². The van der Waals surface area contributed by atoms with Crippen LogP contribution in [0.25, 0.3) is 5.69 Å². The van der Waals surface area contributed by atoms with Crippen LogP contribution in [-0.4, -0.2) is 51.8 Å². The summed E-state index contributed by atoms with van der Waals surface area (Å²) in [6.07, 6.45) is -0.198. The Bertz CT molecular complexity index is 922. The van der Waals surface area contributed by atoms with Crippen LogP contribution in [0.5, 0.6) is 0 Å². The minimum absolute atomic E-state index is 0.0989. The first-order valence-corrected chi connectivity index (χ1v) is 10.7. The van der Waals surface area contributed by atoms with Crippen molar-refractivity contribution in [3.63, 3.8) is 0 Å². The summed E-state index contributed by atoms with van der Waals surface area (Å²) < 4.78 is 7.30. The Labute approximate surface area is 172 Å². The largest absolute Gasteiger partial charge is 0.372 e. The van der Waals surface area contributed by atoms with E-state index in [0.29, 0.717) is 23.9 Å². The van der Waals surface area contributed by atoms with Crippen molar-refractivity contribution >= 4 is 41.0 Å². The fourth-order valence-electron chi connectivity index (χ4n) is 3.58. The third-order valence-corrected chi connectivity index (χ3v) is 5.94. The normalized spacial score (nSPS) is 21.5.